The molecule has 0 heterocycles. The number of aliphatic hydroxyl groups excluding tert-OH is 4. The molecule has 0 spiro atoms. The van der Waals surface area contributed by atoms with Gasteiger partial charge in [-0.1, -0.05) is 289 Å². The molecule has 0 rings (SSSR count). The zero-order valence-electron chi connectivity index (χ0n) is 57.1. The smallest absolute Gasteiger partial charge is 0.307 e. The summed E-state index contributed by atoms with van der Waals surface area (Å²) in [6, 6.07) is 0. The number of carboxylic acid groups (broad SMARTS) is 4. The highest BCUT2D eigenvalue weighted by molar-refractivity contribution is 8.00. The maximum Gasteiger partial charge on any atom is 0.307 e. The summed E-state index contributed by atoms with van der Waals surface area (Å²) in [7, 11) is 0. The van der Waals surface area contributed by atoms with Crippen LogP contribution in [0.1, 0.15) is 314 Å². The number of aliphatic carboxylic acids is 4. The first-order chi connectivity index (χ1) is 40.5. The molecular formula is C69H140O12S4. The molecule has 0 saturated carbocycles. The van der Waals surface area contributed by atoms with Crippen LogP contribution in [0, 0.1) is 29.1 Å². The average molecular weight is 1290 g/mol. The van der Waals surface area contributed by atoms with Gasteiger partial charge < -0.3 is 40.9 Å². The molecule has 0 amide bonds. The van der Waals surface area contributed by atoms with E-state index in [1.807, 2.05) is 0 Å². The van der Waals surface area contributed by atoms with E-state index in [2.05, 4.69) is 55.4 Å². The van der Waals surface area contributed by atoms with Gasteiger partial charge in [0, 0.05) is 44.0 Å². The van der Waals surface area contributed by atoms with E-state index in [1.165, 1.54) is 231 Å². The fraction of sp³-hybridized carbons (Fsp3) is 0.942. The van der Waals surface area contributed by atoms with Gasteiger partial charge in [-0.15, -0.1) is 0 Å². The largest absolute Gasteiger partial charge is 0.481 e. The van der Waals surface area contributed by atoms with Crippen LogP contribution in [0.2, 0.25) is 0 Å². The molecule has 16 heteroatoms. The van der Waals surface area contributed by atoms with Gasteiger partial charge >= 0.3 is 23.9 Å². The Morgan fingerprint density at radius 1 is 0.271 bits per heavy atom. The monoisotopic (exact) mass is 1290 g/mol. The lowest BCUT2D eigenvalue weighted by atomic mass is 9.93. The van der Waals surface area contributed by atoms with Crippen molar-refractivity contribution < 1.29 is 60.0 Å². The Labute approximate surface area is 541 Å². The number of carbonyl (C=O) groups is 4. The maximum absolute atomic E-state index is 10.7. The molecule has 85 heavy (non-hydrogen) atoms. The first kappa shape index (κ1) is 92.8. The molecule has 0 aromatic carbocycles. The predicted octanol–water partition coefficient (Wildman–Crippen LogP) is 19.4. The lowest BCUT2D eigenvalue weighted by molar-refractivity contribution is -0.141. The van der Waals surface area contributed by atoms with E-state index >= 15 is 0 Å². The SMILES string of the molecule is CCCCCCCCCCC(C)SCC(C)C(=O)O.CCCCCCCCCCC(C)SCC(C)C(=O)O.CCCCCCCCCCC(C)SCC(C)C(=O)O.CCCCCCCCCCC(C)SCC(C)C(=O)O.OCC(CO)(CO)CO. The van der Waals surface area contributed by atoms with Crippen molar-refractivity contribution in [1.29, 1.82) is 0 Å². The van der Waals surface area contributed by atoms with Crippen LogP contribution in [0.4, 0.5) is 0 Å². The zero-order chi connectivity index (χ0) is 65.4. The Balaban J connectivity index is -0.000000319. The predicted molar refractivity (Wildman–Crippen MR) is 375 cm³/mol. The van der Waals surface area contributed by atoms with Crippen LogP contribution in [0.5, 0.6) is 0 Å². The van der Waals surface area contributed by atoms with E-state index in [0.717, 1.165) is 23.0 Å². The van der Waals surface area contributed by atoms with E-state index in [9.17, 15) is 19.2 Å². The Morgan fingerprint density at radius 2 is 0.412 bits per heavy atom. The highest BCUT2D eigenvalue weighted by atomic mass is 32.2. The molecule has 512 valence electrons. The van der Waals surface area contributed by atoms with Crippen molar-refractivity contribution in [2.45, 2.75) is 335 Å². The van der Waals surface area contributed by atoms with Gasteiger partial charge in [-0.2, -0.15) is 47.0 Å². The second-order valence-electron chi connectivity index (χ2n) is 24.7. The molecule has 8 N–H and O–H groups in total. The molecule has 0 aliphatic rings. The summed E-state index contributed by atoms with van der Waals surface area (Å²) in [4.78, 5) is 42.8. The molecule has 0 saturated heterocycles. The Hall–Kier alpha value is -0.880. The summed E-state index contributed by atoms with van der Waals surface area (Å²) in [5.74, 6) is -0.589. The topological polar surface area (TPSA) is 230 Å². The van der Waals surface area contributed by atoms with Crippen molar-refractivity contribution in [3.05, 3.63) is 0 Å². The lowest BCUT2D eigenvalue weighted by Crippen LogP contribution is -2.37. The Kier molecular flexibility index (Phi) is 77.1. The molecule has 0 aromatic heterocycles. The molecule has 0 fully saturated rings. The second kappa shape index (κ2) is 70.6. The highest BCUT2D eigenvalue weighted by Gasteiger charge is 2.26. The third-order valence-corrected chi connectivity index (χ3v) is 21.4. The molecule has 8 unspecified atom stereocenters. The van der Waals surface area contributed by atoms with Gasteiger partial charge in [0.2, 0.25) is 0 Å². The van der Waals surface area contributed by atoms with Crippen LogP contribution >= 0.6 is 47.0 Å². The first-order valence-electron chi connectivity index (χ1n) is 34.4. The second-order valence-corrected chi connectivity index (χ2v) is 30.6. The van der Waals surface area contributed by atoms with Gasteiger partial charge in [0.1, 0.15) is 0 Å². The Morgan fingerprint density at radius 3 is 0.529 bits per heavy atom. The van der Waals surface area contributed by atoms with Crippen LogP contribution in [-0.2, 0) is 19.2 Å². The number of thioether (sulfide) groups is 4. The Bertz CT molecular complexity index is 1210. The van der Waals surface area contributed by atoms with Crippen LogP contribution in [-0.4, -0.2) is 135 Å². The molecule has 0 bridgehead atoms. The third-order valence-electron chi connectivity index (χ3n) is 15.4. The van der Waals surface area contributed by atoms with Gasteiger partial charge in [-0.3, -0.25) is 19.2 Å². The van der Waals surface area contributed by atoms with Crippen LogP contribution in [0.25, 0.3) is 0 Å². The number of hydrogen-bond donors (Lipinski definition) is 8. The molecule has 0 aromatic rings. The molecular weight excluding hydrogens is 1150 g/mol. The van der Waals surface area contributed by atoms with Crippen LogP contribution in [0.15, 0.2) is 0 Å². The quantitative estimate of drug-likeness (QED) is 0.0265. The fourth-order valence-corrected chi connectivity index (χ4v) is 12.8. The van der Waals surface area contributed by atoms with Crippen molar-refractivity contribution in [2.75, 3.05) is 49.4 Å². The van der Waals surface area contributed by atoms with Gasteiger partial charge in [-0.25, -0.2) is 0 Å². The summed E-state index contributed by atoms with van der Waals surface area (Å²) in [6.45, 7) is 23.4. The van der Waals surface area contributed by atoms with Crippen molar-refractivity contribution in [2.24, 2.45) is 29.1 Å². The fourth-order valence-electron chi connectivity index (χ4n) is 8.42. The zero-order valence-corrected chi connectivity index (χ0v) is 60.3. The van der Waals surface area contributed by atoms with Crippen molar-refractivity contribution >= 4 is 70.9 Å². The molecule has 0 aliphatic carbocycles. The lowest BCUT2D eigenvalue weighted by Gasteiger charge is -2.23. The first-order valence-corrected chi connectivity index (χ1v) is 38.6. The number of unbranched alkanes of at least 4 members (excludes halogenated alkanes) is 28. The molecule has 12 nitrogen and oxygen atoms in total. The molecule has 0 radical (unpaired) electrons. The van der Waals surface area contributed by atoms with Crippen molar-refractivity contribution in [3.63, 3.8) is 0 Å². The van der Waals surface area contributed by atoms with Gasteiger partial charge in [0.25, 0.3) is 0 Å². The summed E-state index contributed by atoms with van der Waals surface area (Å²) < 4.78 is 0. The molecule has 8 atom stereocenters. The number of aliphatic hydroxyl groups is 4. The number of hydrogen-bond acceptors (Lipinski definition) is 12. The van der Waals surface area contributed by atoms with Gasteiger partial charge in [0.05, 0.1) is 55.5 Å². The van der Waals surface area contributed by atoms with Crippen LogP contribution in [0.3, 0.4) is 0 Å². The molecule has 0 aliphatic heterocycles. The summed E-state index contributed by atoms with van der Waals surface area (Å²) >= 11 is 7.23. The minimum atomic E-state index is -1.11. The van der Waals surface area contributed by atoms with E-state index < -0.39 is 55.7 Å². The van der Waals surface area contributed by atoms with Crippen molar-refractivity contribution in [3.8, 4) is 0 Å². The number of rotatable bonds is 56. The number of carboxylic acids is 4. The average Bonchev–Trinajstić information content (AvgIpc) is 3.50. The summed E-state index contributed by atoms with van der Waals surface area (Å²) in [5, 5.41) is 71.6. The normalized spacial score (nSPS) is 14.0. The summed E-state index contributed by atoms with van der Waals surface area (Å²) in [6.07, 6.45) is 48.5. The minimum absolute atomic E-state index is 0.217. The summed E-state index contributed by atoms with van der Waals surface area (Å²) in [5.41, 5.74) is -1.11. The van der Waals surface area contributed by atoms with E-state index in [0.29, 0.717) is 21.0 Å². The standard InChI is InChI=1S/4C16H32O2S.C5H12O4/c4*1-4-5-6-7-8-9-10-11-12-15(3)19-13-14(2)16(17)18;6-1-5(2-7,3-8)4-9/h4*14-15H,4-13H2,1-3H3,(H,17,18);6-9H,1-4H2. The third kappa shape index (κ3) is 72.1. The van der Waals surface area contributed by atoms with E-state index in [-0.39, 0.29) is 23.7 Å². The van der Waals surface area contributed by atoms with Gasteiger partial charge in [0.15, 0.2) is 0 Å². The minimum Gasteiger partial charge on any atom is -0.481 e. The van der Waals surface area contributed by atoms with Gasteiger partial charge in [-0.05, 0) is 25.7 Å². The van der Waals surface area contributed by atoms with Crippen molar-refractivity contribution in [1.82, 2.24) is 0 Å². The highest BCUT2D eigenvalue weighted by Crippen LogP contribution is 2.25. The van der Waals surface area contributed by atoms with Crippen LogP contribution < -0.4 is 0 Å². The maximum atomic E-state index is 10.7. The van der Waals surface area contributed by atoms with E-state index in [4.69, 9.17) is 40.9 Å². The van der Waals surface area contributed by atoms with E-state index in [1.54, 1.807) is 74.7 Å².